The van der Waals surface area contributed by atoms with E-state index in [1.54, 1.807) is 0 Å². The number of hydrogen-bond donors (Lipinski definition) is 0. The van der Waals surface area contributed by atoms with Crippen LogP contribution in [-0.2, 0) is 17.6 Å². The first-order valence-corrected chi connectivity index (χ1v) is 13.7. The second-order valence-corrected chi connectivity index (χ2v) is 11.3. The van der Waals surface area contributed by atoms with Gasteiger partial charge in [-0.2, -0.15) is 0 Å². The first-order valence-electron chi connectivity index (χ1n) is 13.7. The van der Waals surface area contributed by atoms with E-state index in [-0.39, 0.29) is 10.7 Å². The summed E-state index contributed by atoms with van der Waals surface area (Å²) in [5, 5.41) is 0.0495. The van der Waals surface area contributed by atoms with Gasteiger partial charge in [0.05, 0.1) is 0 Å². The first kappa shape index (κ1) is 29.2. The predicted octanol–water partition coefficient (Wildman–Crippen LogP) is 8.68. The molecule has 1 radical (unpaired) electrons. The molecule has 0 spiro atoms. The van der Waals surface area contributed by atoms with Crippen LogP contribution in [0.3, 0.4) is 0 Å². The van der Waals surface area contributed by atoms with Crippen molar-refractivity contribution in [1.29, 1.82) is 0 Å². The summed E-state index contributed by atoms with van der Waals surface area (Å²) >= 11 is 0. The molecule has 0 fully saturated rings. The van der Waals surface area contributed by atoms with Crippen LogP contribution >= 0.6 is 0 Å². The Morgan fingerprint density at radius 1 is 0.812 bits per heavy atom. The van der Waals surface area contributed by atoms with Crippen LogP contribution in [0.25, 0.3) is 0 Å². The van der Waals surface area contributed by atoms with Crippen LogP contribution < -0.4 is 0 Å². The van der Waals surface area contributed by atoms with Crippen molar-refractivity contribution in [2.45, 2.75) is 143 Å². The van der Waals surface area contributed by atoms with E-state index in [0.717, 1.165) is 19.3 Å². The van der Waals surface area contributed by atoms with Gasteiger partial charge >= 0.3 is 189 Å². The third kappa shape index (κ3) is 12.4. The van der Waals surface area contributed by atoms with Gasteiger partial charge in [-0.25, -0.2) is 0 Å². The Kier molecular flexibility index (Phi) is 14.5. The zero-order valence-corrected chi connectivity index (χ0v) is 22.4. The summed E-state index contributed by atoms with van der Waals surface area (Å²) in [4.78, 5) is 13.2. The van der Waals surface area contributed by atoms with Crippen LogP contribution in [0.15, 0.2) is 18.0 Å². The third-order valence-corrected chi connectivity index (χ3v) is 7.07. The normalized spacial score (nSPS) is 12.1. The van der Waals surface area contributed by atoms with E-state index in [4.69, 9.17) is 0 Å². The SMILES string of the molecule is CCCCCCC(C)([B]C(=O)Cc1ccbcc1CC(C)(C)CCCC)CCCCCC. The van der Waals surface area contributed by atoms with Crippen molar-refractivity contribution < 1.29 is 4.79 Å². The maximum atomic E-state index is 13.2. The molecule has 0 atom stereocenters. The van der Waals surface area contributed by atoms with Gasteiger partial charge in [0.15, 0.2) is 0 Å². The Morgan fingerprint density at radius 2 is 1.41 bits per heavy atom. The summed E-state index contributed by atoms with van der Waals surface area (Å²) in [7, 11) is 2.11. The molecule has 1 aromatic heterocycles. The van der Waals surface area contributed by atoms with Crippen molar-refractivity contribution in [2.75, 3.05) is 0 Å². The number of hydrogen-bond acceptors (Lipinski definition) is 1. The van der Waals surface area contributed by atoms with E-state index in [1.807, 2.05) is 0 Å². The topological polar surface area (TPSA) is 17.1 Å². The molecule has 0 aliphatic rings. The van der Waals surface area contributed by atoms with E-state index >= 15 is 0 Å². The first-order chi connectivity index (χ1) is 15.2. The fourth-order valence-electron chi connectivity index (χ4n) is 4.97. The Balaban J connectivity index is 2.79. The van der Waals surface area contributed by atoms with Crippen LogP contribution in [0, 0.1) is 5.41 Å². The molecule has 1 heterocycles. The van der Waals surface area contributed by atoms with Gasteiger partial charge in [0, 0.05) is 0 Å². The summed E-state index contributed by atoms with van der Waals surface area (Å²) in [6, 6.07) is 2.18. The molecule has 179 valence electrons. The second kappa shape index (κ2) is 15.9. The quantitative estimate of drug-likeness (QED) is 0.156. The fourth-order valence-corrected chi connectivity index (χ4v) is 4.97. The molecule has 32 heavy (non-hydrogen) atoms. The van der Waals surface area contributed by atoms with Crippen molar-refractivity contribution in [2.24, 2.45) is 5.41 Å². The molecule has 0 bridgehead atoms. The zero-order valence-electron chi connectivity index (χ0n) is 22.4. The molecule has 1 nitrogen and oxygen atoms in total. The molecule has 1 aromatic rings. The minimum atomic E-state index is 0.0495. The summed E-state index contributed by atoms with van der Waals surface area (Å²) < 4.78 is 0. The molecule has 0 saturated carbocycles. The van der Waals surface area contributed by atoms with Gasteiger partial charge in [-0.15, -0.1) is 0 Å². The monoisotopic (exact) mass is 437 g/mol. The van der Waals surface area contributed by atoms with Gasteiger partial charge in [-0.05, 0) is 0 Å². The zero-order chi connectivity index (χ0) is 23.9. The molecule has 1 rings (SSSR count). The van der Waals surface area contributed by atoms with E-state index in [9.17, 15) is 4.79 Å². The Bertz CT molecular complexity index is 626. The average molecular weight is 437 g/mol. The molecule has 3 heteroatoms. The van der Waals surface area contributed by atoms with Crippen molar-refractivity contribution >= 4 is 19.9 Å². The van der Waals surface area contributed by atoms with Gasteiger partial charge in [0.2, 0.25) is 0 Å². The van der Waals surface area contributed by atoms with Gasteiger partial charge in [0.1, 0.15) is 0 Å². The standard InChI is InChI=1S/C29H51B2O/c1-7-10-13-15-19-29(6,20-16-14-11-8-2)31-27(32)22-25-17-21-30-24-26(25)23-28(4,5)18-12-9-3/h17,21,24H,7-16,18-20,22-23H2,1-6H3. The van der Waals surface area contributed by atoms with Crippen LogP contribution in [0.2, 0.25) is 5.31 Å². The van der Waals surface area contributed by atoms with E-state index in [2.05, 4.69) is 73.7 Å². The van der Waals surface area contributed by atoms with E-state index < -0.39 is 0 Å². The van der Waals surface area contributed by atoms with E-state index in [0.29, 0.717) is 12.1 Å². The number of rotatable bonds is 19. The number of carbonyl (C=O) groups is 1. The molecule has 0 amide bonds. The van der Waals surface area contributed by atoms with Crippen LogP contribution in [0.5, 0.6) is 0 Å². The van der Waals surface area contributed by atoms with E-state index in [1.165, 1.54) is 81.8 Å². The summed E-state index contributed by atoms with van der Waals surface area (Å²) in [5.41, 5.74) is 3.20. The van der Waals surface area contributed by atoms with Crippen molar-refractivity contribution in [3.8, 4) is 0 Å². The molecule has 0 N–H and O–H groups in total. The van der Waals surface area contributed by atoms with Crippen molar-refractivity contribution in [1.82, 2.24) is 0 Å². The Hall–Kier alpha value is -0.850. The second-order valence-electron chi connectivity index (χ2n) is 11.3. The van der Waals surface area contributed by atoms with Crippen molar-refractivity contribution in [3.05, 3.63) is 29.1 Å². The van der Waals surface area contributed by atoms with Gasteiger partial charge in [-0.1, -0.05) is 13.8 Å². The Morgan fingerprint density at radius 3 is 1.97 bits per heavy atom. The molecular weight excluding hydrogens is 386 g/mol. The van der Waals surface area contributed by atoms with Gasteiger partial charge < -0.3 is 0 Å². The van der Waals surface area contributed by atoms with Crippen LogP contribution in [0.1, 0.15) is 136 Å². The number of unbranched alkanes of at least 4 members (excludes halogenated alkanes) is 7. The van der Waals surface area contributed by atoms with Crippen LogP contribution in [-0.4, -0.2) is 19.9 Å². The predicted molar refractivity (Wildman–Crippen MR) is 145 cm³/mol. The molecular formula is C29H51B2O. The molecule has 0 aliphatic heterocycles. The van der Waals surface area contributed by atoms with Gasteiger partial charge in [-0.3, -0.25) is 0 Å². The minimum absolute atomic E-state index is 0.0495. The average Bonchev–Trinajstić information content (AvgIpc) is 2.74. The van der Waals surface area contributed by atoms with Gasteiger partial charge in [0.25, 0.3) is 0 Å². The molecule has 0 unspecified atom stereocenters. The molecule has 0 aliphatic carbocycles. The summed E-state index contributed by atoms with van der Waals surface area (Å²) in [6.45, 7) is 16.0. The van der Waals surface area contributed by atoms with Crippen LogP contribution in [0.4, 0.5) is 0 Å². The number of carbonyl (C=O) groups excluding carboxylic acids is 1. The molecule has 0 saturated heterocycles. The van der Waals surface area contributed by atoms with Crippen molar-refractivity contribution in [3.63, 3.8) is 0 Å². The molecule has 0 aromatic carbocycles. The minimum Gasteiger partial charge on any atom is -0.0654 e. The smallest absolute Gasteiger partial charge is 0.0654 e. The fraction of sp³-hybridized carbons (Fsp3) is 0.793. The third-order valence-electron chi connectivity index (χ3n) is 7.07. The Labute approximate surface area is 202 Å². The summed E-state index contributed by atoms with van der Waals surface area (Å²) in [5.74, 6) is 4.34. The maximum absolute atomic E-state index is 13.2. The summed E-state index contributed by atoms with van der Waals surface area (Å²) in [6.07, 6.45) is 17.9.